The second kappa shape index (κ2) is 6.18. The van der Waals surface area contributed by atoms with Gasteiger partial charge >= 0.3 is 11.9 Å². The highest BCUT2D eigenvalue weighted by atomic mass is 16.6. The fourth-order valence-electron chi connectivity index (χ4n) is 1.87. The number of carbonyl (C=O) groups excluding carboxylic acids is 3. The molecule has 0 fully saturated rings. The molecular formula is C12H17NO5. The van der Waals surface area contributed by atoms with Crippen molar-refractivity contribution < 1.29 is 23.9 Å². The molecule has 0 radical (unpaired) electrons. The van der Waals surface area contributed by atoms with Gasteiger partial charge in [0.05, 0.1) is 6.04 Å². The van der Waals surface area contributed by atoms with Gasteiger partial charge in [0.25, 0.3) is 0 Å². The van der Waals surface area contributed by atoms with E-state index in [0.29, 0.717) is 6.42 Å². The molecule has 0 bridgehead atoms. The first-order valence-electron chi connectivity index (χ1n) is 5.68. The van der Waals surface area contributed by atoms with Gasteiger partial charge in [-0.1, -0.05) is 6.08 Å². The monoisotopic (exact) mass is 255 g/mol. The number of nitrogens with one attached hydrogen (secondary N) is 1. The van der Waals surface area contributed by atoms with Crippen molar-refractivity contribution in [3.8, 4) is 0 Å². The molecule has 1 aliphatic rings. The Morgan fingerprint density at radius 2 is 1.72 bits per heavy atom. The summed E-state index contributed by atoms with van der Waals surface area (Å²) in [6.07, 6.45) is 2.61. The Kier molecular flexibility index (Phi) is 4.88. The standard InChI is InChI=1S/C12H17NO5/c1-7(14)13-10-5-4-6-11(17-8(2)15)12(10)18-9(3)16/h4,6,10-12H,5H2,1-3H3,(H,13,14)/t10-,11+,12+/m0/s1. The highest BCUT2D eigenvalue weighted by molar-refractivity contribution is 5.73. The first kappa shape index (κ1) is 14.2. The molecule has 0 aliphatic heterocycles. The number of ether oxygens (including phenoxy) is 2. The number of amides is 1. The van der Waals surface area contributed by atoms with Crippen LogP contribution in [-0.2, 0) is 23.9 Å². The second-order valence-electron chi connectivity index (χ2n) is 4.12. The predicted octanol–water partition coefficient (Wildman–Crippen LogP) is 0.314. The minimum absolute atomic E-state index is 0.228. The van der Waals surface area contributed by atoms with Crippen molar-refractivity contribution in [2.45, 2.75) is 45.4 Å². The van der Waals surface area contributed by atoms with E-state index in [9.17, 15) is 14.4 Å². The van der Waals surface area contributed by atoms with Crippen LogP contribution in [0.3, 0.4) is 0 Å². The summed E-state index contributed by atoms with van der Waals surface area (Å²) >= 11 is 0. The van der Waals surface area contributed by atoms with E-state index in [2.05, 4.69) is 5.32 Å². The van der Waals surface area contributed by atoms with Crippen molar-refractivity contribution >= 4 is 17.8 Å². The van der Waals surface area contributed by atoms with Crippen LogP contribution in [0.4, 0.5) is 0 Å². The van der Waals surface area contributed by atoms with Gasteiger partial charge < -0.3 is 14.8 Å². The molecule has 1 rings (SSSR count). The molecule has 0 spiro atoms. The maximum atomic E-state index is 11.1. The van der Waals surface area contributed by atoms with E-state index >= 15 is 0 Å². The van der Waals surface area contributed by atoms with Crippen LogP contribution < -0.4 is 5.32 Å². The zero-order chi connectivity index (χ0) is 13.7. The van der Waals surface area contributed by atoms with Crippen molar-refractivity contribution in [1.82, 2.24) is 5.32 Å². The zero-order valence-electron chi connectivity index (χ0n) is 10.6. The molecular weight excluding hydrogens is 238 g/mol. The Balaban J connectivity index is 2.84. The molecule has 0 heterocycles. The summed E-state index contributed by atoms with van der Waals surface area (Å²) < 4.78 is 10.2. The Morgan fingerprint density at radius 1 is 1.11 bits per heavy atom. The van der Waals surface area contributed by atoms with Crippen molar-refractivity contribution in [2.24, 2.45) is 0 Å². The molecule has 0 aromatic rings. The fourth-order valence-corrected chi connectivity index (χ4v) is 1.87. The minimum Gasteiger partial charge on any atom is -0.456 e. The number of hydrogen-bond acceptors (Lipinski definition) is 5. The lowest BCUT2D eigenvalue weighted by Gasteiger charge is -2.33. The zero-order valence-corrected chi connectivity index (χ0v) is 10.6. The van der Waals surface area contributed by atoms with Crippen LogP contribution >= 0.6 is 0 Å². The fraction of sp³-hybridized carbons (Fsp3) is 0.583. The molecule has 100 valence electrons. The van der Waals surface area contributed by atoms with E-state index < -0.39 is 24.1 Å². The van der Waals surface area contributed by atoms with E-state index in [-0.39, 0.29) is 11.9 Å². The van der Waals surface area contributed by atoms with Gasteiger partial charge in [0.15, 0.2) is 12.2 Å². The highest BCUT2D eigenvalue weighted by Gasteiger charge is 2.35. The third kappa shape index (κ3) is 4.20. The summed E-state index contributed by atoms with van der Waals surface area (Å²) in [6, 6.07) is -0.388. The lowest BCUT2D eigenvalue weighted by molar-refractivity contribution is -0.164. The van der Waals surface area contributed by atoms with Crippen LogP contribution in [0.2, 0.25) is 0 Å². The molecule has 0 aromatic heterocycles. The number of rotatable bonds is 3. The molecule has 0 unspecified atom stereocenters. The Morgan fingerprint density at radius 3 is 2.22 bits per heavy atom. The van der Waals surface area contributed by atoms with Gasteiger partial charge in [0, 0.05) is 20.8 Å². The smallest absolute Gasteiger partial charge is 0.303 e. The van der Waals surface area contributed by atoms with Gasteiger partial charge in [-0.05, 0) is 12.5 Å². The van der Waals surface area contributed by atoms with E-state index in [1.807, 2.05) is 0 Å². The average Bonchev–Trinajstić information content (AvgIpc) is 2.20. The molecule has 0 saturated carbocycles. The number of carbonyl (C=O) groups is 3. The Hall–Kier alpha value is -1.85. The van der Waals surface area contributed by atoms with Crippen molar-refractivity contribution in [3.63, 3.8) is 0 Å². The topological polar surface area (TPSA) is 81.7 Å². The summed E-state index contributed by atoms with van der Waals surface area (Å²) in [6.45, 7) is 3.93. The molecule has 18 heavy (non-hydrogen) atoms. The molecule has 1 amide bonds. The lowest BCUT2D eigenvalue weighted by Crippen LogP contribution is -2.52. The predicted molar refractivity (Wildman–Crippen MR) is 62.5 cm³/mol. The van der Waals surface area contributed by atoms with Crippen LogP contribution in [0.15, 0.2) is 12.2 Å². The second-order valence-corrected chi connectivity index (χ2v) is 4.12. The maximum Gasteiger partial charge on any atom is 0.303 e. The van der Waals surface area contributed by atoms with Gasteiger partial charge in [-0.3, -0.25) is 14.4 Å². The van der Waals surface area contributed by atoms with Gasteiger partial charge in [-0.25, -0.2) is 0 Å². The van der Waals surface area contributed by atoms with Crippen molar-refractivity contribution in [1.29, 1.82) is 0 Å². The minimum atomic E-state index is -0.694. The first-order valence-corrected chi connectivity index (χ1v) is 5.68. The Bertz CT molecular complexity index is 377. The maximum absolute atomic E-state index is 11.1. The van der Waals surface area contributed by atoms with Gasteiger partial charge in [-0.15, -0.1) is 0 Å². The van der Waals surface area contributed by atoms with E-state index in [0.717, 1.165) is 0 Å². The molecule has 0 aromatic carbocycles. The van der Waals surface area contributed by atoms with Crippen LogP contribution in [-0.4, -0.2) is 36.1 Å². The van der Waals surface area contributed by atoms with E-state index in [4.69, 9.17) is 9.47 Å². The molecule has 0 saturated heterocycles. The van der Waals surface area contributed by atoms with Crippen LogP contribution in [0, 0.1) is 0 Å². The molecule has 6 heteroatoms. The Labute approximate surface area is 105 Å². The van der Waals surface area contributed by atoms with Crippen LogP contribution in [0.1, 0.15) is 27.2 Å². The van der Waals surface area contributed by atoms with Crippen LogP contribution in [0.25, 0.3) is 0 Å². The summed E-state index contributed by atoms with van der Waals surface area (Å²) in [5.41, 5.74) is 0. The van der Waals surface area contributed by atoms with Gasteiger partial charge in [-0.2, -0.15) is 0 Å². The summed E-state index contributed by atoms with van der Waals surface area (Å²) in [5, 5.41) is 2.68. The average molecular weight is 255 g/mol. The SMILES string of the molecule is CC(=O)N[C@H]1CC=C[C@@H](OC(C)=O)[C@@H]1OC(C)=O. The van der Waals surface area contributed by atoms with E-state index in [1.54, 1.807) is 12.2 Å². The van der Waals surface area contributed by atoms with Crippen LogP contribution in [0.5, 0.6) is 0 Å². The van der Waals surface area contributed by atoms with E-state index in [1.165, 1.54) is 20.8 Å². The number of hydrogen-bond donors (Lipinski definition) is 1. The molecule has 1 N–H and O–H groups in total. The first-order chi connectivity index (χ1) is 8.40. The largest absolute Gasteiger partial charge is 0.456 e. The third-order valence-corrected chi connectivity index (χ3v) is 2.43. The summed E-state index contributed by atoms with van der Waals surface area (Å²) in [7, 11) is 0. The highest BCUT2D eigenvalue weighted by Crippen LogP contribution is 2.19. The summed E-state index contributed by atoms with van der Waals surface area (Å²) in [5.74, 6) is -1.18. The third-order valence-electron chi connectivity index (χ3n) is 2.43. The quantitative estimate of drug-likeness (QED) is 0.580. The molecule has 1 aliphatic carbocycles. The summed E-state index contributed by atoms with van der Waals surface area (Å²) in [4.78, 5) is 33.2. The van der Waals surface area contributed by atoms with Crippen molar-refractivity contribution in [2.75, 3.05) is 0 Å². The normalized spacial score (nSPS) is 26.3. The molecule has 3 atom stereocenters. The number of esters is 2. The van der Waals surface area contributed by atoms with Gasteiger partial charge in [0.2, 0.25) is 5.91 Å². The van der Waals surface area contributed by atoms with Crippen molar-refractivity contribution in [3.05, 3.63) is 12.2 Å². The molecule has 6 nitrogen and oxygen atoms in total. The lowest BCUT2D eigenvalue weighted by atomic mass is 9.95. The van der Waals surface area contributed by atoms with Gasteiger partial charge in [0.1, 0.15) is 0 Å².